The molecule has 0 aliphatic rings. The van der Waals surface area contributed by atoms with E-state index in [-0.39, 0.29) is 5.82 Å². The minimum absolute atomic E-state index is 0.334. The molecule has 2 aromatic carbocycles. The van der Waals surface area contributed by atoms with Crippen molar-refractivity contribution < 1.29 is 13.9 Å². The van der Waals surface area contributed by atoms with E-state index in [2.05, 4.69) is 61.8 Å². The van der Waals surface area contributed by atoms with Gasteiger partial charge in [0.05, 0.1) is 11.8 Å². The molecule has 4 heteroatoms. The first kappa shape index (κ1) is 27.3. The number of aromatic nitrogens is 1. The third kappa shape index (κ3) is 8.76. The Hall–Kier alpha value is -3.24. The molecule has 190 valence electrons. The highest BCUT2D eigenvalue weighted by molar-refractivity contribution is 5.68. The predicted molar refractivity (Wildman–Crippen MR) is 149 cm³/mol. The van der Waals surface area contributed by atoms with Crippen LogP contribution in [0.15, 0.2) is 79.5 Å². The molecule has 3 nitrogen and oxygen atoms in total. The average molecular weight is 488 g/mol. The van der Waals surface area contributed by atoms with Gasteiger partial charge in [0.1, 0.15) is 18.2 Å². The second-order valence-corrected chi connectivity index (χ2v) is 9.02. The molecule has 0 fully saturated rings. The first-order valence-electron chi connectivity index (χ1n) is 13.0. The summed E-state index contributed by atoms with van der Waals surface area (Å²) in [4.78, 5) is 4.56. The molecule has 0 spiro atoms. The van der Waals surface area contributed by atoms with E-state index in [0.29, 0.717) is 24.0 Å². The van der Waals surface area contributed by atoms with E-state index in [1.54, 1.807) is 24.4 Å². The fraction of sp³-hybridized carbons (Fsp3) is 0.344. The monoisotopic (exact) mass is 487 g/mol. The summed E-state index contributed by atoms with van der Waals surface area (Å²) in [6.07, 6.45) is 15.0. The Balaban J connectivity index is 1.49. The molecule has 0 saturated heterocycles. The molecular weight excluding hydrogens is 449 g/mol. The fourth-order valence-electron chi connectivity index (χ4n) is 3.93. The summed E-state index contributed by atoms with van der Waals surface area (Å²) in [6.45, 7) is 9.21. The highest BCUT2D eigenvalue weighted by Crippen LogP contribution is 2.27. The molecule has 3 rings (SSSR count). The zero-order valence-corrected chi connectivity index (χ0v) is 21.6. The minimum Gasteiger partial charge on any atom is -0.489 e. The number of hydrogen-bond acceptors (Lipinski definition) is 3. The fourth-order valence-corrected chi connectivity index (χ4v) is 3.93. The van der Waals surface area contributed by atoms with Gasteiger partial charge in [0.2, 0.25) is 0 Å². The molecule has 0 aliphatic heterocycles. The molecule has 0 N–H and O–H groups in total. The van der Waals surface area contributed by atoms with Crippen LogP contribution in [0.5, 0.6) is 5.75 Å². The van der Waals surface area contributed by atoms with E-state index in [4.69, 9.17) is 9.47 Å². The first-order valence-corrected chi connectivity index (χ1v) is 13.0. The average Bonchev–Trinajstić information content (AvgIpc) is 2.90. The lowest BCUT2D eigenvalue weighted by Crippen LogP contribution is -2.08. The quantitative estimate of drug-likeness (QED) is 0.158. The van der Waals surface area contributed by atoms with Gasteiger partial charge in [-0.15, -0.1) is 0 Å². The smallest absolute Gasteiger partial charge is 0.134 e. The van der Waals surface area contributed by atoms with E-state index >= 15 is 0 Å². The van der Waals surface area contributed by atoms with Gasteiger partial charge in [-0.3, -0.25) is 4.98 Å². The first-order chi connectivity index (χ1) is 17.6. The van der Waals surface area contributed by atoms with Gasteiger partial charge in [0.15, 0.2) is 0 Å². The van der Waals surface area contributed by atoms with Gasteiger partial charge in [-0.25, -0.2) is 4.39 Å². The van der Waals surface area contributed by atoms with Gasteiger partial charge in [0.25, 0.3) is 0 Å². The zero-order chi connectivity index (χ0) is 25.6. The van der Waals surface area contributed by atoms with Crippen LogP contribution in [0.4, 0.5) is 4.39 Å². The lowest BCUT2D eigenvalue weighted by atomic mass is 10.0. The molecule has 1 unspecified atom stereocenters. The van der Waals surface area contributed by atoms with Crippen molar-refractivity contribution >= 4 is 6.08 Å². The maximum absolute atomic E-state index is 14.5. The van der Waals surface area contributed by atoms with Crippen molar-refractivity contribution in [1.29, 1.82) is 0 Å². The molecule has 36 heavy (non-hydrogen) atoms. The van der Waals surface area contributed by atoms with Crippen molar-refractivity contribution in [2.75, 3.05) is 13.2 Å². The van der Waals surface area contributed by atoms with Gasteiger partial charge in [-0.1, -0.05) is 74.9 Å². The van der Waals surface area contributed by atoms with Gasteiger partial charge in [-0.2, -0.15) is 0 Å². The molecule has 1 heterocycles. The number of allylic oxidation sites excluding steroid dienone is 1. The Morgan fingerprint density at radius 2 is 1.81 bits per heavy atom. The molecule has 1 aromatic heterocycles. The lowest BCUT2D eigenvalue weighted by molar-refractivity contribution is 0.0566. The van der Waals surface area contributed by atoms with Crippen molar-refractivity contribution in [1.82, 2.24) is 4.98 Å². The van der Waals surface area contributed by atoms with E-state index in [1.165, 1.54) is 24.5 Å². The van der Waals surface area contributed by atoms with E-state index in [1.807, 2.05) is 12.1 Å². The number of benzene rings is 2. The van der Waals surface area contributed by atoms with Crippen molar-refractivity contribution in [3.8, 4) is 28.1 Å². The third-order valence-electron chi connectivity index (χ3n) is 6.03. The highest BCUT2D eigenvalue weighted by atomic mass is 19.1. The third-order valence-corrected chi connectivity index (χ3v) is 6.03. The molecule has 0 bridgehead atoms. The van der Waals surface area contributed by atoms with Gasteiger partial charge < -0.3 is 9.47 Å². The normalized spacial score (nSPS) is 12.1. The van der Waals surface area contributed by atoms with E-state index in [0.717, 1.165) is 49.1 Å². The van der Waals surface area contributed by atoms with E-state index in [9.17, 15) is 4.39 Å². The maximum Gasteiger partial charge on any atom is 0.134 e. The molecule has 0 aliphatic carbocycles. The standard InChI is InChI=1S/C32H38FNO2/c1-4-6-10-22-35-25(3)11-8-7-9-12-26-13-15-27(16-14-26)32-20-17-28(24-34-32)30-19-18-29(23-31(30)33)36-21-5-2/h5,9,12-20,23-25H,2,4,6-8,10-11,21-22H2,1,3H3. The minimum atomic E-state index is -0.337. The number of unbranched alkanes of at least 4 members (excludes halogenated alkanes) is 3. The summed E-state index contributed by atoms with van der Waals surface area (Å²) in [7, 11) is 0. The maximum atomic E-state index is 14.5. The van der Waals surface area contributed by atoms with Crippen LogP contribution < -0.4 is 4.74 Å². The molecule has 0 amide bonds. The zero-order valence-electron chi connectivity index (χ0n) is 21.6. The predicted octanol–water partition coefficient (Wildman–Crippen LogP) is 8.90. The second-order valence-electron chi connectivity index (χ2n) is 9.02. The Morgan fingerprint density at radius 3 is 2.50 bits per heavy atom. The van der Waals surface area contributed by atoms with Gasteiger partial charge >= 0.3 is 0 Å². The highest BCUT2D eigenvalue weighted by Gasteiger charge is 2.08. The summed E-state index contributed by atoms with van der Waals surface area (Å²) in [5, 5.41) is 0. The number of halogens is 1. The molecule has 3 aromatic rings. The van der Waals surface area contributed by atoms with Crippen LogP contribution in [-0.4, -0.2) is 24.3 Å². The lowest BCUT2D eigenvalue weighted by Gasteiger charge is -2.12. The van der Waals surface area contributed by atoms with Crippen LogP contribution in [0.2, 0.25) is 0 Å². The number of rotatable bonds is 15. The van der Waals surface area contributed by atoms with Crippen LogP contribution >= 0.6 is 0 Å². The Kier molecular flexibility index (Phi) is 11.4. The van der Waals surface area contributed by atoms with Crippen molar-refractivity contribution in [3.63, 3.8) is 0 Å². The summed E-state index contributed by atoms with van der Waals surface area (Å²) in [6, 6.07) is 17.0. The summed E-state index contributed by atoms with van der Waals surface area (Å²) >= 11 is 0. The van der Waals surface area contributed by atoms with E-state index < -0.39 is 0 Å². The van der Waals surface area contributed by atoms with Crippen molar-refractivity contribution in [2.45, 2.75) is 58.5 Å². The van der Waals surface area contributed by atoms with Crippen LogP contribution in [0.3, 0.4) is 0 Å². The number of ether oxygens (including phenoxy) is 2. The number of pyridine rings is 1. The largest absolute Gasteiger partial charge is 0.489 e. The molecule has 0 radical (unpaired) electrons. The Labute approximate surface area is 215 Å². The second kappa shape index (κ2) is 15.0. The van der Waals surface area contributed by atoms with Gasteiger partial charge in [-0.05, 0) is 56.4 Å². The van der Waals surface area contributed by atoms with Crippen LogP contribution in [0.25, 0.3) is 28.5 Å². The van der Waals surface area contributed by atoms with Crippen molar-refractivity contribution in [3.05, 3.63) is 90.9 Å². The molecular formula is C32H38FNO2. The SMILES string of the molecule is C=CCOc1ccc(-c2ccc(-c3ccc(C=CCCCC(C)OCCCCC)cc3)nc2)c(F)c1. The molecule has 1 atom stereocenters. The number of nitrogens with zero attached hydrogens (tertiary/aromatic N) is 1. The summed E-state index contributed by atoms with van der Waals surface area (Å²) in [5.41, 5.74) is 4.28. The summed E-state index contributed by atoms with van der Waals surface area (Å²) in [5.74, 6) is 0.146. The van der Waals surface area contributed by atoms with Gasteiger partial charge in [0, 0.05) is 35.6 Å². The summed E-state index contributed by atoms with van der Waals surface area (Å²) < 4.78 is 25.8. The van der Waals surface area contributed by atoms with Crippen LogP contribution in [0, 0.1) is 5.82 Å². The molecule has 0 saturated carbocycles. The van der Waals surface area contributed by atoms with Crippen molar-refractivity contribution in [2.24, 2.45) is 0 Å². The van der Waals surface area contributed by atoms with Crippen LogP contribution in [0.1, 0.15) is 57.9 Å². The number of hydrogen-bond donors (Lipinski definition) is 0. The topological polar surface area (TPSA) is 31.4 Å². The Morgan fingerprint density at radius 1 is 1.00 bits per heavy atom. The van der Waals surface area contributed by atoms with Crippen LogP contribution in [-0.2, 0) is 4.74 Å². The Bertz CT molecular complexity index is 1090.